The third-order valence-corrected chi connectivity index (χ3v) is 2.82. The van der Waals surface area contributed by atoms with Gasteiger partial charge in [-0.05, 0) is 25.1 Å². The van der Waals surface area contributed by atoms with E-state index >= 15 is 0 Å². The van der Waals surface area contributed by atoms with Gasteiger partial charge in [-0.3, -0.25) is 14.9 Å². The molecule has 3 aromatic rings. The number of H-pyrrole nitrogens is 1. The number of para-hydroxylation sites is 1. The minimum Gasteiger partial charge on any atom is -0.319 e. The highest BCUT2D eigenvalue weighted by atomic mass is 16.1. The third kappa shape index (κ3) is 2.18. The van der Waals surface area contributed by atoms with Crippen molar-refractivity contribution in [3.05, 3.63) is 54.0 Å². The van der Waals surface area contributed by atoms with Gasteiger partial charge in [0.25, 0.3) is 5.91 Å². The van der Waals surface area contributed by atoms with Gasteiger partial charge in [-0.15, -0.1) is 0 Å². The number of hydrogen-bond acceptors (Lipinski definition) is 3. The van der Waals surface area contributed by atoms with Gasteiger partial charge in [0.15, 0.2) is 5.69 Å². The van der Waals surface area contributed by atoms with Crippen molar-refractivity contribution < 1.29 is 4.79 Å². The predicted molar refractivity (Wildman–Crippen MR) is 73.0 cm³/mol. The van der Waals surface area contributed by atoms with Crippen LogP contribution in [0, 0.1) is 6.92 Å². The summed E-state index contributed by atoms with van der Waals surface area (Å²) in [6.45, 7) is 1.85. The topological polar surface area (TPSA) is 70.7 Å². The van der Waals surface area contributed by atoms with Gasteiger partial charge in [-0.1, -0.05) is 18.2 Å². The molecule has 2 N–H and O–H groups in total. The first-order valence-electron chi connectivity index (χ1n) is 5.91. The zero-order valence-electron chi connectivity index (χ0n) is 10.3. The average Bonchev–Trinajstić information content (AvgIpc) is 2.86. The number of nitrogens with one attached hydrogen (secondary N) is 2. The molecule has 0 unspecified atom stereocenters. The van der Waals surface area contributed by atoms with Crippen molar-refractivity contribution in [2.45, 2.75) is 6.92 Å². The first-order chi connectivity index (χ1) is 9.24. The highest BCUT2D eigenvalue weighted by Gasteiger charge is 2.11. The molecule has 0 saturated heterocycles. The third-order valence-electron chi connectivity index (χ3n) is 2.82. The number of amides is 1. The molecule has 2 heterocycles. The van der Waals surface area contributed by atoms with Gasteiger partial charge in [0.1, 0.15) is 0 Å². The Hall–Kier alpha value is -2.69. The Morgan fingerprint density at radius 3 is 2.89 bits per heavy atom. The van der Waals surface area contributed by atoms with Crippen LogP contribution in [0.15, 0.2) is 42.6 Å². The number of aromatic nitrogens is 3. The molecule has 2 aromatic heterocycles. The number of aromatic amines is 1. The summed E-state index contributed by atoms with van der Waals surface area (Å²) in [5, 5.41) is 10.5. The molecule has 0 fully saturated rings. The van der Waals surface area contributed by atoms with Crippen LogP contribution < -0.4 is 5.32 Å². The van der Waals surface area contributed by atoms with Gasteiger partial charge in [0, 0.05) is 17.3 Å². The van der Waals surface area contributed by atoms with Gasteiger partial charge < -0.3 is 5.32 Å². The lowest BCUT2D eigenvalue weighted by Gasteiger charge is -2.06. The fourth-order valence-electron chi connectivity index (χ4n) is 1.93. The molecule has 3 rings (SSSR count). The van der Waals surface area contributed by atoms with Gasteiger partial charge >= 0.3 is 0 Å². The van der Waals surface area contributed by atoms with Crippen molar-refractivity contribution in [2.24, 2.45) is 0 Å². The molecule has 0 bridgehead atoms. The predicted octanol–water partition coefficient (Wildman–Crippen LogP) is 2.52. The Kier molecular flexibility index (Phi) is 2.72. The van der Waals surface area contributed by atoms with E-state index in [2.05, 4.69) is 20.5 Å². The highest BCUT2D eigenvalue weighted by Crippen LogP contribution is 2.21. The van der Waals surface area contributed by atoms with E-state index in [-0.39, 0.29) is 5.91 Å². The van der Waals surface area contributed by atoms with E-state index in [1.54, 1.807) is 12.3 Å². The molecule has 0 atom stereocenters. The Bertz CT molecular complexity index is 743. The second kappa shape index (κ2) is 4.53. The Morgan fingerprint density at radius 1 is 1.26 bits per heavy atom. The van der Waals surface area contributed by atoms with Crippen LogP contribution in [0.2, 0.25) is 0 Å². The summed E-state index contributed by atoms with van der Waals surface area (Å²) in [4.78, 5) is 16.3. The van der Waals surface area contributed by atoms with Gasteiger partial charge in [-0.25, -0.2) is 0 Å². The number of fused-ring (bicyclic) bond motifs is 1. The lowest BCUT2D eigenvalue weighted by molar-refractivity contribution is 0.102. The summed E-state index contributed by atoms with van der Waals surface area (Å²) in [5.74, 6) is -0.248. The number of pyridine rings is 1. The molecule has 94 valence electrons. The van der Waals surface area contributed by atoms with Crippen molar-refractivity contribution >= 4 is 22.5 Å². The minimum absolute atomic E-state index is 0.248. The fourth-order valence-corrected chi connectivity index (χ4v) is 1.93. The van der Waals surface area contributed by atoms with Crippen LogP contribution in [0.1, 0.15) is 16.2 Å². The molecule has 0 aliphatic rings. The Morgan fingerprint density at radius 2 is 2.11 bits per heavy atom. The smallest absolute Gasteiger partial charge is 0.276 e. The Labute approximate surface area is 109 Å². The Balaban J connectivity index is 1.95. The fraction of sp³-hybridized carbons (Fsp3) is 0.0714. The summed E-state index contributed by atoms with van der Waals surface area (Å²) in [6, 6.07) is 11.2. The van der Waals surface area contributed by atoms with E-state index in [0.717, 1.165) is 16.6 Å². The van der Waals surface area contributed by atoms with E-state index in [1.807, 2.05) is 37.3 Å². The van der Waals surface area contributed by atoms with Crippen LogP contribution in [-0.4, -0.2) is 21.1 Å². The van der Waals surface area contributed by atoms with Crippen LogP contribution in [-0.2, 0) is 0 Å². The molecule has 5 heteroatoms. The number of benzene rings is 1. The first-order valence-corrected chi connectivity index (χ1v) is 5.91. The van der Waals surface area contributed by atoms with Crippen molar-refractivity contribution in [1.82, 2.24) is 15.2 Å². The molecule has 0 aliphatic carbocycles. The van der Waals surface area contributed by atoms with Crippen LogP contribution in [0.3, 0.4) is 0 Å². The number of carbonyl (C=O) groups is 1. The number of hydrogen-bond donors (Lipinski definition) is 2. The van der Waals surface area contributed by atoms with Gasteiger partial charge in [-0.2, -0.15) is 5.10 Å². The quantitative estimate of drug-likeness (QED) is 0.736. The maximum Gasteiger partial charge on any atom is 0.276 e. The summed E-state index contributed by atoms with van der Waals surface area (Å²) >= 11 is 0. The van der Waals surface area contributed by atoms with Gasteiger partial charge in [0.05, 0.1) is 11.2 Å². The highest BCUT2D eigenvalue weighted by molar-refractivity contribution is 6.07. The van der Waals surface area contributed by atoms with Crippen molar-refractivity contribution in [3.8, 4) is 0 Å². The number of carbonyl (C=O) groups excluding carboxylic acids is 1. The van der Waals surface area contributed by atoms with Crippen molar-refractivity contribution in [1.29, 1.82) is 0 Å². The molecule has 1 amide bonds. The molecular weight excluding hydrogens is 240 g/mol. The zero-order chi connectivity index (χ0) is 13.2. The summed E-state index contributed by atoms with van der Waals surface area (Å²) < 4.78 is 0. The summed E-state index contributed by atoms with van der Waals surface area (Å²) in [7, 11) is 0. The SMILES string of the molecule is Cc1cc(C(=O)Nc2cccc3cccnc23)n[nH]1. The minimum atomic E-state index is -0.248. The maximum absolute atomic E-state index is 12.0. The number of rotatable bonds is 2. The zero-order valence-corrected chi connectivity index (χ0v) is 10.3. The van der Waals surface area contributed by atoms with Crippen LogP contribution in [0.5, 0.6) is 0 Å². The summed E-state index contributed by atoms with van der Waals surface area (Å²) in [6.07, 6.45) is 1.71. The van der Waals surface area contributed by atoms with Crippen molar-refractivity contribution in [2.75, 3.05) is 5.32 Å². The number of aryl methyl sites for hydroxylation is 1. The lowest BCUT2D eigenvalue weighted by atomic mass is 10.2. The van der Waals surface area contributed by atoms with E-state index in [4.69, 9.17) is 0 Å². The van der Waals surface area contributed by atoms with E-state index in [1.165, 1.54) is 0 Å². The number of anilines is 1. The largest absolute Gasteiger partial charge is 0.319 e. The first kappa shape index (κ1) is 11.4. The molecule has 19 heavy (non-hydrogen) atoms. The normalized spacial score (nSPS) is 10.6. The monoisotopic (exact) mass is 252 g/mol. The van der Waals surface area contributed by atoms with Crippen LogP contribution in [0.4, 0.5) is 5.69 Å². The van der Waals surface area contributed by atoms with E-state index in [9.17, 15) is 4.79 Å². The average molecular weight is 252 g/mol. The van der Waals surface area contributed by atoms with Crippen LogP contribution in [0.25, 0.3) is 10.9 Å². The summed E-state index contributed by atoms with van der Waals surface area (Å²) in [5.41, 5.74) is 2.67. The van der Waals surface area contributed by atoms with Crippen molar-refractivity contribution in [3.63, 3.8) is 0 Å². The molecule has 0 spiro atoms. The molecule has 1 aromatic carbocycles. The van der Waals surface area contributed by atoms with E-state index in [0.29, 0.717) is 11.4 Å². The second-order valence-corrected chi connectivity index (χ2v) is 4.27. The standard InChI is InChI=1S/C14H12N4O/c1-9-8-12(18-17-9)14(19)16-11-6-2-4-10-5-3-7-15-13(10)11/h2-8H,1H3,(H,16,19)(H,17,18). The molecule has 0 radical (unpaired) electrons. The van der Waals surface area contributed by atoms with Gasteiger partial charge in [0.2, 0.25) is 0 Å². The van der Waals surface area contributed by atoms with Crippen LogP contribution >= 0.6 is 0 Å². The van der Waals surface area contributed by atoms with E-state index < -0.39 is 0 Å². The molecule has 5 nitrogen and oxygen atoms in total. The molecular formula is C14H12N4O. The number of nitrogens with zero attached hydrogens (tertiary/aromatic N) is 2. The molecule has 0 aliphatic heterocycles. The molecule has 0 saturated carbocycles. The maximum atomic E-state index is 12.0. The lowest BCUT2D eigenvalue weighted by Crippen LogP contribution is -2.12. The second-order valence-electron chi connectivity index (χ2n) is 4.27.